The first-order valence-electron chi connectivity index (χ1n) is 9.13. The van der Waals surface area contributed by atoms with Crippen molar-refractivity contribution in [1.82, 2.24) is 10.2 Å². The van der Waals surface area contributed by atoms with E-state index in [4.69, 9.17) is 9.47 Å². The van der Waals surface area contributed by atoms with Crippen molar-refractivity contribution in [2.45, 2.75) is 25.8 Å². The van der Waals surface area contributed by atoms with Crippen LogP contribution in [0.15, 0.2) is 40.9 Å². The molecule has 144 valence electrons. The molecule has 27 heavy (non-hydrogen) atoms. The molecule has 0 spiro atoms. The highest BCUT2D eigenvalue weighted by molar-refractivity contribution is 9.10. The molecule has 0 aromatic heterocycles. The summed E-state index contributed by atoms with van der Waals surface area (Å²) in [6.07, 6.45) is 1.69. The number of carbonyl (C=O) groups is 1. The Kier molecular flexibility index (Phi) is 6.26. The molecule has 0 aliphatic carbocycles. The molecular formula is C21H25BrN2O3. The van der Waals surface area contributed by atoms with Gasteiger partial charge in [-0.2, -0.15) is 0 Å². The Hall–Kier alpha value is -2.21. The van der Waals surface area contributed by atoms with Crippen LogP contribution >= 0.6 is 15.9 Å². The van der Waals surface area contributed by atoms with Crippen LogP contribution in [0.25, 0.3) is 0 Å². The second kappa shape index (κ2) is 8.65. The van der Waals surface area contributed by atoms with Crippen molar-refractivity contribution in [3.63, 3.8) is 0 Å². The number of carbonyl (C=O) groups excluding carboxylic acids is 1. The first-order chi connectivity index (χ1) is 13.1. The number of hydrogen-bond acceptors (Lipinski definition) is 3. The van der Waals surface area contributed by atoms with Crippen molar-refractivity contribution in [3.8, 4) is 11.5 Å². The monoisotopic (exact) mass is 432 g/mol. The number of fused-ring (bicyclic) bond motifs is 1. The number of rotatable bonds is 5. The lowest BCUT2D eigenvalue weighted by atomic mass is 9.88. The number of halogens is 1. The standard InChI is InChI=1S/C21H25BrN2O3/c1-4-10-23-21(25)24-11-9-15-12-18(26-2)19(27-3)13-17(15)20(24)14-5-7-16(22)8-6-14/h5-8,12-13,20H,4,9-11H2,1-3H3,(H,23,25). The van der Waals surface area contributed by atoms with Gasteiger partial charge in [0.2, 0.25) is 0 Å². The van der Waals surface area contributed by atoms with E-state index in [1.807, 2.05) is 29.2 Å². The molecule has 6 heteroatoms. The molecule has 5 nitrogen and oxygen atoms in total. The molecule has 0 saturated carbocycles. The SMILES string of the molecule is CCCNC(=O)N1CCc2cc(OC)c(OC)cc2C1c1ccc(Br)cc1. The van der Waals surface area contributed by atoms with E-state index in [1.54, 1.807) is 14.2 Å². The third-order valence-electron chi connectivity index (χ3n) is 4.85. The molecule has 2 aromatic rings. The largest absolute Gasteiger partial charge is 0.493 e. The summed E-state index contributed by atoms with van der Waals surface area (Å²) in [7, 11) is 3.28. The van der Waals surface area contributed by atoms with E-state index in [-0.39, 0.29) is 12.1 Å². The first-order valence-corrected chi connectivity index (χ1v) is 9.93. The van der Waals surface area contributed by atoms with Crippen LogP contribution in [0.5, 0.6) is 11.5 Å². The van der Waals surface area contributed by atoms with E-state index < -0.39 is 0 Å². The summed E-state index contributed by atoms with van der Waals surface area (Å²) in [6, 6.07) is 11.9. The summed E-state index contributed by atoms with van der Waals surface area (Å²) in [4.78, 5) is 14.8. The van der Waals surface area contributed by atoms with Gasteiger partial charge in [-0.1, -0.05) is 35.0 Å². The number of amides is 2. The van der Waals surface area contributed by atoms with Gasteiger partial charge < -0.3 is 19.7 Å². The van der Waals surface area contributed by atoms with Crippen molar-refractivity contribution in [1.29, 1.82) is 0 Å². The molecule has 1 unspecified atom stereocenters. The molecule has 1 N–H and O–H groups in total. The maximum absolute atomic E-state index is 12.8. The number of nitrogens with one attached hydrogen (secondary N) is 1. The Bertz CT molecular complexity index is 808. The highest BCUT2D eigenvalue weighted by atomic mass is 79.9. The number of ether oxygens (including phenoxy) is 2. The summed E-state index contributed by atoms with van der Waals surface area (Å²) in [5.74, 6) is 1.39. The van der Waals surface area contributed by atoms with Crippen molar-refractivity contribution >= 4 is 22.0 Å². The van der Waals surface area contributed by atoms with Gasteiger partial charge in [-0.25, -0.2) is 4.79 Å². The molecule has 2 aromatic carbocycles. The predicted octanol–water partition coefficient (Wildman–Crippen LogP) is 4.53. The second-order valence-corrected chi connectivity index (χ2v) is 7.45. The molecule has 0 bridgehead atoms. The molecule has 3 rings (SSSR count). The number of nitrogens with zero attached hydrogens (tertiary/aromatic N) is 1. The topological polar surface area (TPSA) is 50.8 Å². The van der Waals surface area contributed by atoms with E-state index in [0.29, 0.717) is 18.8 Å². The van der Waals surface area contributed by atoms with E-state index in [1.165, 1.54) is 5.56 Å². The van der Waals surface area contributed by atoms with Crippen LogP contribution in [0.1, 0.15) is 36.1 Å². The van der Waals surface area contributed by atoms with Gasteiger partial charge in [0, 0.05) is 17.6 Å². The fourth-order valence-corrected chi connectivity index (χ4v) is 3.77. The van der Waals surface area contributed by atoms with Crippen LogP contribution < -0.4 is 14.8 Å². The minimum atomic E-state index is -0.168. The summed E-state index contributed by atoms with van der Waals surface area (Å²) >= 11 is 3.49. The van der Waals surface area contributed by atoms with Gasteiger partial charge in [0.05, 0.1) is 20.3 Å². The lowest BCUT2D eigenvalue weighted by molar-refractivity contribution is 0.180. The molecule has 0 radical (unpaired) electrons. The molecule has 2 amide bonds. The molecule has 1 atom stereocenters. The van der Waals surface area contributed by atoms with Gasteiger partial charge >= 0.3 is 6.03 Å². The zero-order chi connectivity index (χ0) is 19.4. The second-order valence-electron chi connectivity index (χ2n) is 6.54. The molecule has 0 saturated heterocycles. The Labute approximate surface area is 168 Å². The Morgan fingerprint density at radius 3 is 2.48 bits per heavy atom. The van der Waals surface area contributed by atoms with Crippen LogP contribution in [0.4, 0.5) is 4.79 Å². The van der Waals surface area contributed by atoms with Gasteiger partial charge in [-0.15, -0.1) is 0 Å². The molecule has 1 heterocycles. The summed E-state index contributed by atoms with van der Waals surface area (Å²) in [6.45, 7) is 3.37. The van der Waals surface area contributed by atoms with E-state index in [2.05, 4.69) is 40.3 Å². The summed E-state index contributed by atoms with van der Waals surface area (Å²) in [5.41, 5.74) is 3.32. The first kappa shape index (κ1) is 19.5. The molecule has 0 fully saturated rings. The Balaban J connectivity index is 2.08. The van der Waals surface area contributed by atoms with Gasteiger partial charge in [-0.05, 0) is 53.8 Å². The van der Waals surface area contributed by atoms with Crippen LogP contribution in [-0.2, 0) is 6.42 Å². The van der Waals surface area contributed by atoms with E-state index >= 15 is 0 Å². The fraction of sp³-hybridized carbons (Fsp3) is 0.381. The quantitative estimate of drug-likeness (QED) is 0.754. The number of urea groups is 1. The van der Waals surface area contributed by atoms with Crippen molar-refractivity contribution < 1.29 is 14.3 Å². The smallest absolute Gasteiger partial charge is 0.318 e. The minimum Gasteiger partial charge on any atom is -0.493 e. The zero-order valence-corrected chi connectivity index (χ0v) is 17.5. The average molecular weight is 433 g/mol. The van der Waals surface area contributed by atoms with Gasteiger partial charge in [0.15, 0.2) is 11.5 Å². The Morgan fingerprint density at radius 1 is 1.19 bits per heavy atom. The zero-order valence-electron chi connectivity index (χ0n) is 15.9. The maximum Gasteiger partial charge on any atom is 0.318 e. The van der Waals surface area contributed by atoms with Crippen molar-refractivity contribution in [2.24, 2.45) is 0 Å². The highest BCUT2D eigenvalue weighted by Crippen LogP contribution is 2.41. The molecule has 1 aliphatic rings. The average Bonchev–Trinajstić information content (AvgIpc) is 2.70. The lowest BCUT2D eigenvalue weighted by Gasteiger charge is -2.38. The molecule has 1 aliphatic heterocycles. The molecular weight excluding hydrogens is 408 g/mol. The van der Waals surface area contributed by atoms with Crippen molar-refractivity contribution in [3.05, 3.63) is 57.6 Å². The van der Waals surface area contributed by atoms with Gasteiger partial charge in [-0.3, -0.25) is 0 Å². The lowest BCUT2D eigenvalue weighted by Crippen LogP contribution is -2.46. The third-order valence-corrected chi connectivity index (χ3v) is 5.38. The minimum absolute atomic E-state index is 0.0368. The predicted molar refractivity (Wildman–Crippen MR) is 110 cm³/mol. The Morgan fingerprint density at radius 2 is 1.85 bits per heavy atom. The summed E-state index contributed by atoms with van der Waals surface area (Å²) < 4.78 is 12.0. The fourth-order valence-electron chi connectivity index (χ4n) is 3.50. The van der Waals surface area contributed by atoms with Crippen LogP contribution in [-0.4, -0.2) is 38.2 Å². The number of benzene rings is 2. The number of hydrogen-bond donors (Lipinski definition) is 1. The number of methoxy groups -OCH3 is 2. The van der Waals surface area contributed by atoms with Gasteiger partial charge in [0.1, 0.15) is 0 Å². The van der Waals surface area contributed by atoms with Crippen LogP contribution in [0, 0.1) is 0 Å². The van der Waals surface area contributed by atoms with Crippen molar-refractivity contribution in [2.75, 3.05) is 27.3 Å². The van der Waals surface area contributed by atoms with E-state index in [9.17, 15) is 4.79 Å². The van der Waals surface area contributed by atoms with Gasteiger partial charge in [0.25, 0.3) is 0 Å². The highest BCUT2D eigenvalue weighted by Gasteiger charge is 2.33. The normalized spacial score (nSPS) is 15.9. The summed E-state index contributed by atoms with van der Waals surface area (Å²) in [5, 5.41) is 3.02. The third kappa shape index (κ3) is 4.05. The van der Waals surface area contributed by atoms with Crippen LogP contribution in [0.3, 0.4) is 0 Å². The maximum atomic E-state index is 12.8. The van der Waals surface area contributed by atoms with E-state index in [0.717, 1.165) is 34.2 Å². The van der Waals surface area contributed by atoms with Crippen LogP contribution in [0.2, 0.25) is 0 Å².